The molecule has 4 heterocycles. The van der Waals surface area contributed by atoms with Gasteiger partial charge < -0.3 is 24.6 Å². The normalized spacial score (nSPS) is 11.1. The van der Waals surface area contributed by atoms with Gasteiger partial charge in [0.1, 0.15) is 18.9 Å². The molecule has 2 N–H and O–H groups in total. The second-order valence-corrected chi connectivity index (χ2v) is 8.98. The van der Waals surface area contributed by atoms with E-state index in [4.69, 9.17) is 9.47 Å². The Morgan fingerprint density at radius 3 is 2.62 bits per heavy atom. The molecule has 194 valence electrons. The largest absolute Gasteiger partial charge is 0.497 e. The Morgan fingerprint density at radius 2 is 1.79 bits per heavy atom. The Balaban J connectivity index is 1.30. The Bertz CT molecular complexity index is 1790. The molecule has 0 fully saturated rings. The van der Waals surface area contributed by atoms with Crippen molar-refractivity contribution < 1.29 is 19.5 Å². The highest BCUT2D eigenvalue weighted by Crippen LogP contribution is 2.35. The molecule has 0 saturated heterocycles. The Hall–Kier alpha value is -5.31. The molecule has 0 aliphatic heterocycles. The van der Waals surface area contributed by atoms with E-state index < -0.39 is 0 Å². The minimum atomic E-state index is -0.274. The van der Waals surface area contributed by atoms with Crippen LogP contribution in [0.5, 0.6) is 11.5 Å². The topological polar surface area (TPSA) is 103 Å². The molecule has 0 unspecified atom stereocenters. The highest BCUT2D eigenvalue weighted by atomic mass is 16.5. The van der Waals surface area contributed by atoms with E-state index in [0.717, 1.165) is 32.1 Å². The predicted molar refractivity (Wildman–Crippen MR) is 148 cm³/mol. The molecule has 0 atom stereocenters. The number of hydrogen-bond donors (Lipinski definition) is 2. The lowest BCUT2D eigenvalue weighted by molar-refractivity contribution is -0.116. The van der Waals surface area contributed by atoms with E-state index in [9.17, 15) is 10.0 Å². The molecular weight excluding hydrogens is 494 g/mol. The summed E-state index contributed by atoms with van der Waals surface area (Å²) in [6, 6.07) is 24.5. The lowest BCUT2D eigenvalue weighted by atomic mass is 10.1. The number of rotatable bonds is 8. The summed E-state index contributed by atoms with van der Waals surface area (Å²) in [6.07, 6.45) is 5.08. The fraction of sp³-hybridized carbons (Fsp3) is 0.100. The number of fused-ring (bicyclic) bond motifs is 2. The number of hydrogen-bond acceptors (Lipinski definition) is 6. The predicted octanol–water partition coefficient (Wildman–Crippen LogP) is 5.52. The molecule has 1 amide bonds. The van der Waals surface area contributed by atoms with Crippen molar-refractivity contribution in [1.29, 1.82) is 0 Å². The molecule has 9 nitrogen and oxygen atoms in total. The number of nitrogens with zero attached hydrogens (tertiary/aromatic N) is 4. The van der Waals surface area contributed by atoms with E-state index in [1.165, 1.54) is 0 Å². The number of amides is 1. The number of aromatic nitrogens is 4. The number of pyridine rings is 2. The van der Waals surface area contributed by atoms with Crippen LogP contribution in [-0.4, -0.2) is 37.5 Å². The standard InChI is InChI=1S/C30H25N5O4/c1-38-22-11-12-25-23(16-22)24(26-15-21-9-5-14-32-30(21)35(26)37)17-34(25)18-28(36)33-29-27(10-6-13-31-29)39-19-20-7-3-2-4-8-20/h2-17,37H,18-19H2,1H3,(H,31,33,36). The van der Waals surface area contributed by atoms with Crippen molar-refractivity contribution in [2.45, 2.75) is 13.2 Å². The number of nitrogens with one attached hydrogen (secondary N) is 1. The maximum absolute atomic E-state index is 13.2. The van der Waals surface area contributed by atoms with Gasteiger partial charge in [-0.25, -0.2) is 9.97 Å². The molecule has 0 saturated carbocycles. The van der Waals surface area contributed by atoms with Gasteiger partial charge in [0.15, 0.2) is 17.2 Å². The van der Waals surface area contributed by atoms with E-state index in [-0.39, 0.29) is 12.5 Å². The zero-order chi connectivity index (χ0) is 26.8. The Kier molecular flexibility index (Phi) is 6.30. The van der Waals surface area contributed by atoms with Gasteiger partial charge in [-0.15, -0.1) is 0 Å². The molecule has 0 bridgehead atoms. The van der Waals surface area contributed by atoms with Crippen LogP contribution in [0.15, 0.2) is 97.5 Å². The number of benzene rings is 2. The average molecular weight is 520 g/mol. The van der Waals surface area contributed by atoms with Gasteiger partial charge in [-0.3, -0.25) is 4.79 Å². The van der Waals surface area contributed by atoms with Crippen molar-refractivity contribution in [3.63, 3.8) is 0 Å². The maximum atomic E-state index is 13.2. The highest BCUT2D eigenvalue weighted by Gasteiger charge is 2.19. The van der Waals surface area contributed by atoms with Crippen molar-refractivity contribution in [2.24, 2.45) is 0 Å². The fourth-order valence-electron chi connectivity index (χ4n) is 4.61. The molecule has 39 heavy (non-hydrogen) atoms. The van der Waals surface area contributed by atoms with Gasteiger partial charge in [-0.1, -0.05) is 30.3 Å². The fourth-order valence-corrected chi connectivity index (χ4v) is 4.61. The average Bonchev–Trinajstić information content (AvgIpc) is 3.49. The molecule has 6 rings (SSSR count). The quantitative estimate of drug-likeness (QED) is 0.257. The van der Waals surface area contributed by atoms with Crippen molar-refractivity contribution in [3.05, 3.63) is 103 Å². The first kappa shape index (κ1) is 24.1. The molecule has 0 spiro atoms. The summed E-state index contributed by atoms with van der Waals surface area (Å²) in [5, 5.41) is 15.4. The lowest BCUT2D eigenvalue weighted by Gasteiger charge is -2.12. The van der Waals surface area contributed by atoms with Crippen molar-refractivity contribution in [3.8, 4) is 22.8 Å². The monoisotopic (exact) mass is 519 g/mol. The smallest absolute Gasteiger partial charge is 0.245 e. The minimum Gasteiger partial charge on any atom is -0.497 e. The van der Waals surface area contributed by atoms with Crippen LogP contribution in [0.4, 0.5) is 5.82 Å². The summed E-state index contributed by atoms with van der Waals surface area (Å²) in [7, 11) is 1.60. The summed E-state index contributed by atoms with van der Waals surface area (Å²) in [5.74, 6) is 1.22. The van der Waals surface area contributed by atoms with Gasteiger partial charge in [0, 0.05) is 40.4 Å². The van der Waals surface area contributed by atoms with Gasteiger partial charge in [0.05, 0.1) is 12.8 Å². The first-order chi connectivity index (χ1) is 19.1. The third-order valence-corrected chi connectivity index (χ3v) is 6.48. The van der Waals surface area contributed by atoms with Crippen molar-refractivity contribution >= 4 is 33.7 Å². The third kappa shape index (κ3) is 4.73. The molecule has 0 aliphatic rings. The summed E-state index contributed by atoms with van der Waals surface area (Å²) >= 11 is 0. The van der Waals surface area contributed by atoms with Gasteiger partial charge in [-0.2, -0.15) is 4.73 Å². The van der Waals surface area contributed by atoms with Crippen LogP contribution in [0.2, 0.25) is 0 Å². The van der Waals surface area contributed by atoms with Gasteiger partial charge in [-0.05, 0) is 54.1 Å². The Morgan fingerprint density at radius 1 is 0.974 bits per heavy atom. The zero-order valence-corrected chi connectivity index (χ0v) is 21.1. The van der Waals surface area contributed by atoms with Gasteiger partial charge in [0.25, 0.3) is 0 Å². The number of ether oxygens (including phenoxy) is 2. The molecule has 2 aromatic carbocycles. The lowest BCUT2D eigenvalue weighted by Crippen LogP contribution is -2.19. The van der Waals surface area contributed by atoms with Crippen LogP contribution >= 0.6 is 0 Å². The van der Waals surface area contributed by atoms with E-state index in [1.54, 1.807) is 31.6 Å². The molecule has 0 aliphatic carbocycles. The van der Waals surface area contributed by atoms with Crippen LogP contribution in [0.25, 0.3) is 33.2 Å². The first-order valence-corrected chi connectivity index (χ1v) is 12.4. The third-order valence-electron chi connectivity index (χ3n) is 6.48. The molecule has 4 aromatic heterocycles. The number of anilines is 1. The van der Waals surface area contributed by atoms with Crippen LogP contribution < -0.4 is 14.8 Å². The van der Waals surface area contributed by atoms with E-state index >= 15 is 0 Å². The second-order valence-electron chi connectivity index (χ2n) is 8.98. The first-order valence-electron chi connectivity index (χ1n) is 12.4. The SMILES string of the molecule is COc1ccc2c(c1)c(-c1cc3cccnc3n1O)cn2CC(=O)Nc1ncccc1OCc1ccccc1. The van der Waals surface area contributed by atoms with E-state index in [1.807, 2.05) is 77.5 Å². The highest BCUT2D eigenvalue weighted by molar-refractivity contribution is 6.00. The van der Waals surface area contributed by atoms with Crippen LogP contribution in [0.3, 0.4) is 0 Å². The summed E-state index contributed by atoms with van der Waals surface area (Å²) < 4.78 is 14.3. The van der Waals surface area contributed by atoms with Crippen LogP contribution in [0, 0.1) is 0 Å². The zero-order valence-electron chi connectivity index (χ0n) is 21.1. The number of methoxy groups -OCH3 is 1. The maximum Gasteiger partial charge on any atom is 0.245 e. The Labute approximate surface area is 223 Å². The second kappa shape index (κ2) is 10.2. The molecular formula is C30H25N5O4. The minimum absolute atomic E-state index is 0.0153. The van der Waals surface area contributed by atoms with Crippen molar-refractivity contribution in [1.82, 2.24) is 19.3 Å². The van der Waals surface area contributed by atoms with Gasteiger partial charge >= 0.3 is 0 Å². The van der Waals surface area contributed by atoms with Crippen LogP contribution in [-0.2, 0) is 17.9 Å². The molecule has 9 heteroatoms. The van der Waals surface area contributed by atoms with E-state index in [0.29, 0.717) is 35.3 Å². The van der Waals surface area contributed by atoms with Gasteiger partial charge in [0.2, 0.25) is 5.91 Å². The summed E-state index contributed by atoms with van der Waals surface area (Å²) in [5.41, 5.74) is 3.56. The number of carbonyl (C=O) groups is 1. The number of carbonyl (C=O) groups excluding carboxylic acids is 1. The summed E-state index contributed by atoms with van der Waals surface area (Å²) in [6.45, 7) is 0.369. The molecule has 0 radical (unpaired) electrons. The van der Waals surface area contributed by atoms with Crippen molar-refractivity contribution in [2.75, 3.05) is 12.4 Å². The summed E-state index contributed by atoms with van der Waals surface area (Å²) in [4.78, 5) is 21.8. The molecule has 6 aromatic rings. The van der Waals surface area contributed by atoms with Crippen LogP contribution in [0.1, 0.15) is 5.56 Å². The van der Waals surface area contributed by atoms with E-state index in [2.05, 4.69) is 15.3 Å².